The van der Waals surface area contributed by atoms with E-state index in [1.807, 2.05) is 0 Å². The van der Waals surface area contributed by atoms with Crippen LogP contribution in [0.5, 0.6) is 0 Å². The van der Waals surface area contributed by atoms with Crippen LogP contribution < -0.4 is 0 Å². The number of carbonyl (C=O) groups is 1. The Morgan fingerprint density at radius 3 is 2.24 bits per heavy atom. The third-order valence-electron chi connectivity index (χ3n) is 5.13. The van der Waals surface area contributed by atoms with Gasteiger partial charge in [0, 0.05) is 12.8 Å². The summed E-state index contributed by atoms with van der Waals surface area (Å²) in [4.78, 5) is 11.7. The van der Waals surface area contributed by atoms with Crippen molar-refractivity contribution in [2.45, 2.75) is 72.6 Å². The van der Waals surface area contributed by atoms with Gasteiger partial charge in [0.25, 0.3) is 0 Å². The zero-order valence-electron chi connectivity index (χ0n) is 16.7. The number of Topliss-reactive ketones (excluding diaryl/α,β-unsaturated/α-hetero) is 1. The van der Waals surface area contributed by atoms with Crippen LogP contribution in [-0.4, -0.2) is 5.78 Å². The lowest BCUT2D eigenvalue weighted by molar-refractivity contribution is -0.119. The molecule has 1 rings (SSSR count). The third-order valence-corrected chi connectivity index (χ3v) is 5.13. The Hall–Kier alpha value is -1.63. The predicted octanol–water partition coefficient (Wildman–Crippen LogP) is 6.85. The van der Waals surface area contributed by atoms with Crippen LogP contribution in [0.1, 0.15) is 70.4 Å². The zero-order chi connectivity index (χ0) is 18.8. The number of hydrogen-bond acceptors (Lipinski definition) is 1. The monoisotopic (exact) mass is 340 g/mol. The number of rotatable bonds is 12. The van der Waals surface area contributed by atoms with Gasteiger partial charge in [-0.25, -0.2) is 0 Å². The van der Waals surface area contributed by atoms with Gasteiger partial charge >= 0.3 is 0 Å². The van der Waals surface area contributed by atoms with Crippen molar-refractivity contribution in [3.63, 3.8) is 0 Å². The number of aryl methyl sites for hydroxylation is 2. The Morgan fingerprint density at radius 1 is 1.00 bits per heavy atom. The molecule has 0 bridgehead atoms. The minimum atomic E-state index is 0.363. The second kappa shape index (κ2) is 11.1. The molecule has 1 aromatic carbocycles. The largest absolute Gasteiger partial charge is 0.300 e. The lowest BCUT2D eigenvalue weighted by Gasteiger charge is -2.22. The summed E-state index contributed by atoms with van der Waals surface area (Å²) < 4.78 is 0. The average molecular weight is 341 g/mol. The molecule has 1 aromatic rings. The van der Waals surface area contributed by atoms with E-state index in [1.54, 1.807) is 0 Å². The summed E-state index contributed by atoms with van der Waals surface area (Å²) in [6, 6.07) is 8.81. The standard InChI is InChI=1S/C24H36O/c1-7-8-24(25)16-11-19(3)17-21(5)22(6)20(4)12-15-23-13-9-18(2)10-14-23/h9-10,13-14,20-21H,3,6-8,11-12,15-17H2,1-2,4-5H3. The van der Waals surface area contributed by atoms with Gasteiger partial charge < -0.3 is 0 Å². The zero-order valence-corrected chi connectivity index (χ0v) is 16.7. The summed E-state index contributed by atoms with van der Waals surface area (Å²) in [6.45, 7) is 17.2. The Morgan fingerprint density at radius 2 is 1.64 bits per heavy atom. The predicted molar refractivity (Wildman–Crippen MR) is 110 cm³/mol. The maximum atomic E-state index is 11.7. The molecular formula is C24H36O. The lowest BCUT2D eigenvalue weighted by Crippen LogP contribution is -2.10. The fourth-order valence-electron chi connectivity index (χ4n) is 3.20. The smallest absolute Gasteiger partial charge is 0.133 e. The van der Waals surface area contributed by atoms with Gasteiger partial charge in [0.15, 0.2) is 0 Å². The van der Waals surface area contributed by atoms with Crippen LogP contribution in [-0.2, 0) is 11.2 Å². The Bertz CT molecular complexity index is 564. The fourth-order valence-corrected chi connectivity index (χ4v) is 3.20. The molecule has 0 aliphatic rings. The minimum absolute atomic E-state index is 0.363. The summed E-state index contributed by atoms with van der Waals surface area (Å²) in [7, 11) is 0. The molecule has 25 heavy (non-hydrogen) atoms. The van der Waals surface area contributed by atoms with E-state index in [4.69, 9.17) is 0 Å². The number of allylic oxidation sites excluding steroid dienone is 2. The van der Waals surface area contributed by atoms with Gasteiger partial charge in [-0.2, -0.15) is 0 Å². The Balaban J connectivity index is 2.37. The summed E-state index contributed by atoms with van der Waals surface area (Å²) in [5.41, 5.74) is 5.21. The van der Waals surface area contributed by atoms with Crippen molar-refractivity contribution >= 4 is 5.78 Å². The van der Waals surface area contributed by atoms with Crippen LogP contribution >= 0.6 is 0 Å². The molecular weight excluding hydrogens is 304 g/mol. The number of carbonyl (C=O) groups excluding carboxylic acids is 1. The van der Waals surface area contributed by atoms with E-state index >= 15 is 0 Å². The molecule has 0 aliphatic carbocycles. The van der Waals surface area contributed by atoms with E-state index in [2.05, 4.69) is 65.1 Å². The van der Waals surface area contributed by atoms with Crippen LogP contribution in [0.3, 0.4) is 0 Å². The van der Waals surface area contributed by atoms with Crippen molar-refractivity contribution in [3.8, 4) is 0 Å². The molecule has 2 unspecified atom stereocenters. The van der Waals surface area contributed by atoms with Crippen LogP contribution in [0, 0.1) is 18.8 Å². The first-order chi connectivity index (χ1) is 11.8. The molecule has 0 aromatic heterocycles. The second-order valence-electron chi connectivity index (χ2n) is 7.64. The molecule has 0 saturated heterocycles. The Labute approximate surface area is 155 Å². The maximum Gasteiger partial charge on any atom is 0.133 e. The van der Waals surface area contributed by atoms with E-state index in [9.17, 15) is 4.79 Å². The minimum Gasteiger partial charge on any atom is -0.300 e. The van der Waals surface area contributed by atoms with Gasteiger partial charge in [0.1, 0.15) is 5.78 Å². The summed E-state index contributed by atoms with van der Waals surface area (Å²) in [5, 5.41) is 0. The van der Waals surface area contributed by atoms with Gasteiger partial charge in [-0.05, 0) is 56.4 Å². The van der Waals surface area contributed by atoms with Crippen LogP contribution in [0.4, 0.5) is 0 Å². The van der Waals surface area contributed by atoms with Crippen molar-refractivity contribution in [2.75, 3.05) is 0 Å². The molecule has 0 saturated carbocycles. The van der Waals surface area contributed by atoms with E-state index in [-0.39, 0.29) is 0 Å². The fraction of sp³-hybridized carbons (Fsp3) is 0.542. The van der Waals surface area contributed by atoms with Crippen molar-refractivity contribution < 1.29 is 4.79 Å². The molecule has 138 valence electrons. The van der Waals surface area contributed by atoms with Gasteiger partial charge in [-0.15, -0.1) is 0 Å². The first-order valence-electron chi connectivity index (χ1n) is 9.76. The molecule has 1 heteroatoms. The molecule has 0 amide bonds. The SMILES string of the molecule is C=C(CCC(=O)CCC)CC(C)C(=C)C(C)CCc1ccc(C)cc1. The highest BCUT2D eigenvalue weighted by atomic mass is 16.1. The van der Waals surface area contributed by atoms with Crippen LogP contribution in [0.25, 0.3) is 0 Å². The lowest BCUT2D eigenvalue weighted by atomic mass is 9.83. The number of ketones is 1. The topological polar surface area (TPSA) is 17.1 Å². The van der Waals surface area contributed by atoms with E-state index in [0.717, 1.165) is 32.1 Å². The normalized spacial score (nSPS) is 13.3. The van der Waals surface area contributed by atoms with Gasteiger partial charge in [-0.1, -0.05) is 74.9 Å². The maximum absolute atomic E-state index is 11.7. The Kier molecular flexibility index (Phi) is 9.49. The van der Waals surface area contributed by atoms with Crippen molar-refractivity contribution in [2.24, 2.45) is 11.8 Å². The average Bonchev–Trinajstić information content (AvgIpc) is 2.58. The molecule has 1 nitrogen and oxygen atoms in total. The highest BCUT2D eigenvalue weighted by Crippen LogP contribution is 2.28. The summed E-state index contributed by atoms with van der Waals surface area (Å²) in [6.07, 6.45) is 6.30. The van der Waals surface area contributed by atoms with Crippen molar-refractivity contribution in [1.29, 1.82) is 0 Å². The molecule has 0 fully saturated rings. The molecule has 0 heterocycles. The molecule has 0 N–H and O–H groups in total. The summed E-state index contributed by atoms with van der Waals surface area (Å²) >= 11 is 0. The highest BCUT2D eigenvalue weighted by Gasteiger charge is 2.15. The van der Waals surface area contributed by atoms with Crippen LogP contribution in [0.2, 0.25) is 0 Å². The third kappa shape index (κ3) is 8.34. The molecule has 0 radical (unpaired) electrons. The van der Waals surface area contributed by atoms with Crippen LogP contribution in [0.15, 0.2) is 48.6 Å². The number of hydrogen-bond donors (Lipinski definition) is 0. The van der Waals surface area contributed by atoms with Gasteiger partial charge in [-0.3, -0.25) is 4.79 Å². The first-order valence-corrected chi connectivity index (χ1v) is 9.76. The highest BCUT2D eigenvalue weighted by molar-refractivity contribution is 5.78. The summed E-state index contributed by atoms with van der Waals surface area (Å²) in [5.74, 6) is 1.30. The molecule has 0 aliphatic heterocycles. The van der Waals surface area contributed by atoms with Crippen molar-refractivity contribution in [3.05, 3.63) is 59.7 Å². The van der Waals surface area contributed by atoms with E-state index in [0.29, 0.717) is 30.5 Å². The number of benzene rings is 1. The van der Waals surface area contributed by atoms with E-state index in [1.165, 1.54) is 22.3 Å². The molecule has 2 atom stereocenters. The van der Waals surface area contributed by atoms with Crippen molar-refractivity contribution in [1.82, 2.24) is 0 Å². The second-order valence-corrected chi connectivity index (χ2v) is 7.64. The molecule has 0 spiro atoms. The van der Waals surface area contributed by atoms with E-state index < -0.39 is 0 Å². The van der Waals surface area contributed by atoms with Gasteiger partial charge in [0.2, 0.25) is 0 Å². The quantitative estimate of drug-likeness (QED) is 0.380. The first kappa shape index (κ1) is 21.4. The van der Waals surface area contributed by atoms with Gasteiger partial charge in [0.05, 0.1) is 0 Å².